The van der Waals surface area contributed by atoms with Crippen molar-refractivity contribution in [3.63, 3.8) is 0 Å². The van der Waals surface area contributed by atoms with Crippen LogP contribution in [0.15, 0.2) is 41.3 Å². The van der Waals surface area contributed by atoms with Crippen LogP contribution in [0.2, 0.25) is 0 Å². The Morgan fingerprint density at radius 1 is 1.14 bits per heavy atom. The maximum atomic E-state index is 13.1. The highest BCUT2D eigenvalue weighted by molar-refractivity contribution is 7.89. The Kier molecular flexibility index (Phi) is 5.21. The topological polar surface area (TPSA) is 65.1 Å². The highest BCUT2D eigenvalue weighted by Crippen LogP contribution is 2.38. The molecule has 0 amide bonds. The average molecular weight is 404 g/mol. The monoisotopic (exact) mass is 403 g/mol. The van der Waals surface area contributed by atoms with Crippen molar-refractivity contribution < 1.29 is 22.6 Å². The van der Waals surface area contributed by atoms with E-state index in [1.54, 1.807) is 22.5 Å². The summed E-state index contributed by atoms with van der Waals surface area (Å²) in [7, 11) is -3.53. The molecule has 7 heteroatoms. The van der Waals surface area contributed by atoms with Gasteiger partial charge in [0.05, 0.1) is 11.5 Å². The largest absolute Gasteiger partial charge is 0.493 e. The molecule has 0 bridgehead atoms. The van der Waals surface area contributed by atoms with E-state index in [1.165, 1.54) is 0 Å². The molecule has 1 fully saturated rings. The SMILES string of the molecule is CCCOc1ccc(S(=O)(=O)N2CCC(c3ccc4c(c3)OCO4)C2)cc1C. The van der Waals surface area contributed by atoms with Crippen molar-refractivity contribution in [2.24, 2.45) is 0 Å². The summed E-state index contributed by atoms with van der Waals surface area (Å²) in [6.07, 6.45) is 1.70. The lowest BCUT2D eigenvalue weighted by atomic mass is 9.98. The normalized spacial score (nSPS) is 19.1. The first kappa shape index (κ1) is 19.1. The molecule has 0 N–H and O–H groups in total. The lowest BCUT2D eigenvalue weighted by Gasteiger charge is -2.18. The Morgan fingerprint density at radius 2 is 1.96 bits per heavy atom. The summed E-state index contributed by atoms with van der Waals surface area (Å²) in [6, 6.07) is 11.0. The fraction of sp³-hybridized carbons (Fsp3) is 0.429. The van der Waals surface area contributed by atoms with E-state index in [2.05, 4.69) is 0 Å². The zero-order valence-corrected chi connectivity index (χ0v) is 17.0. The number of hydrogen-bond acceptors (Lipinski definition) is 5. The molecule has 1 atom stereocenters. The predicted molar refractivity (Wildman–Crippen MR) is 106 cm³/mol. The number of aryl methyl sites for hydroxylation is 1. The summed E-state index contributed by atoms with van der Waals surface area (Å²) in [5.41, 5.74) is 1.92. The molecular formula is C21H25NO5S. The van der Waals surface area contributed by atoms with Gasteiger partial charge in [-0.05, 0) is 67.1 Å². The van der Waals surface area contributed by atoms with E-state index in [1.807, 2.05) is 32.0 Å². The minimum absolute atomic E-state index is 0.150. The maximum Gasteiger partial charge on any atom is 0.243 e. The van der Waals surface area contributed by atoms with Gasteiger partial charge in [-0.3, -0.25) is 0 Å². The second-order valence-corrected chi connectivity index (χ2v) is 9.18. The van der Waals surface area contributed by atoms with Crippen molar-refractivity contribution in [1.29, 1.82) is 0 Å². The lowest BCUT2D eigenvalue weighted by molar-refractivity contribution is 0.174. The Hall–Kier alpha value is -2.25. The molecule has 0 spiro atoms. The number of fused-ring (bicyclic) bond motifs is 1. The molecule has 6 nitrogen and oxygen atoms in total. The number of hydrogen-bond donors (Lipinski definition) is 0. The van der Waals surface area contributed by atoms with Crippen molar-refractivity contribution in [2.75, 3.05) is 26.5 Å². The third-order valence-electron chi connectivity index (χ3n) is 5.26. The summed E-state index contributed by atoms with van der Waals surface area (Å²) in [4.78, 5) is 0.320. The van der Waals surface area contributed by atoms with Gasteiger partial charge in [-0.15, -0.1) is 0 Å². The van der Waals surface area contributed by atoms with Crippen LogP contribution in [-0.4, -0.2) is 39.2 Å². The molecule has 2 aromatic carbocycles. The second-order valence-electron chi connectivity index (χ2n) is 7.24. The first-order valence-electron chi connectivity index (χ1n) is 9.62. The van der Waals surface area contributed by atoms with Gasteiger partial charge in [-0.2, -0.15) is 4.31 Å². The summed E-state index contributed by atoms with van der Waals surface area (Å²) in [5.74, 6) is 2.36. The minimum atomic E-state index is -3.53. The Bertz CT molecular complexity index is 973. The lowest BCUT2D eigenvalue weighted by Crippen LogP contribution is -2.28. The fourth-order valence-corrected chi connectivity index (χ4v) is 5.28. The van der Waals surface area contributed by atoms with Crippen LogP contribution < -0.4 is 14.2 Å². The standard InChI is InChI=1S/C21H25NO5S/c1-3-10-25-19-7-5-18(11-15(19)2)28(23,24)22-9-8-17(13-22)16-4-6-20-21(12-16)27-14-26-20/h4-7,11-12,17H,3,8-10,13-14H2,1-2H3. The summed E-state index contributed by atoms with van der Waals surface area (Å²) in [5, 5.41) is 0. The van der Waals surface area contributed by atoms with Crippen LogP contribution in [0.5, 0.6) is 17.2 Å². The second kappa shape index (κ2) is 7.64. The predicted octanol–water partition coefficient (Wildman–Crippen LogP) is 3.69. The Labute approximate surface area is 166 Å². The smallest absolute Gasteiger partial charge is 0.243 e. The van der Waals surface area contributed by atoms with E-state index in [-0.39, 0.29) is 12.7 Å². The summed E-state index contributed by atoms with van der Waals surface area (Å²) < 4.78 is 44.3. The van der Waals surface area contributed by atoms with Gasteiger partial charge in [0.25, 0.3) is 0 Å². The number of rotatable bonds is 6. The van der Waals surface area contributed by atoms with Crippen molar-refractivity contribution in [2.45, 2.75) is 37.5 Å². The van der Waals surface area contributed by atoms with Crippen molar-refractivity contribution in [1.82, 2.24) is 4.31 Å². The van der Waals surface area contributed by atoms with Gasteiger partial charge in [0.15, 0.2) is 11.5 Å². The molecular weight excluding hydrogens is 378 g/mol. The van der Waals surface area contributed by atoms with Gasteiger partial charge >= 0.3 is 0 Å². The highest BCUT2D eigenvalue weighted by atomic mass is 32.2. The molecule has 0 aliphatic carbocycles. The van der Waals surface area contributed by atoms with E-state index in [0.717, 1.165) is 41.2 Å². The fourth-order valence-electron chi connectivity index (χ4n) is 3.69. The van der Waals surface area contributed by atoms with Crippen molar-refractivity contribution in [3.8, 4) is 17.2 Å². The van der Waals surface area contributed by atoms with Crippen molar-refractivity contribution >= 4 is 10.0 Å². The molecule has 1 saturated heterocycles. The van der Waals surface area contributed by atoms with Crippen LogP contribution in [0.25, 0.3) is 0 Å². The molecule has 2 aliphatic heterocycles. The molecule has 28 heavy (non-hydrogen) atoms. The zero-order valence-electron chi connectivity index (χ0n) is 16.2. The zero-order chi connectivity index (χ0) is 19.7. The highest BCUT2D eigenvalue weighted by Gasteiger charge is 2.34. The molecule has 0 saturated carbocycles. The third kappa shape index (κ3) is 3.56. The number of nitrogens with zero attached hydrogens (tertiary/aromatic N) is 1. The Morgan fingerprint density at radius 3 is 2.75 bits per heavy atom. The summed E-state index contributed by atoms with van der Waals surface area (Å²) >= 11 is 0. The van der Waals surface area contributed by atoms with Gasteiger partial charge in [0, 0.05) is 13.1 Å². The number of ether oxygens (including phenoxy) is 3. The first-order chi connectivity index (χ1) is 13.5. The van der Waals surface area contributed by atoms with E-state index in [0.29, 0.717) is 24.6 Å². The van der Waals surface area contributed by atoms with Gasteiger partial charge in [0.1, 0.15) is 5.75 Å². The van der Waals surface area contributed by atoms with E-state index in [9.17, 15) is 8.42 Å². The van der Waals surface area contributed by atoms with Gasteiger partial charge < -0.3 is 14.2 Å². The van der Waals surface area contributed by atoms with Gasteiger partial charge in [-0.1, -0.05) is 13.0 Å². The molecule has 2 aliphatic rings. The molecule has 0 radical (unpaired) electrons. The third-order valence-corrected chi connectivity index (χ3v) is 7.13. The number of benzene rings is 2. The van der Waals surface area contributed by atoms with E-state index < -0.39 is 10.0 Å². The van der Waals surface area contributed by atoms with Crippen LogP contribution in [0.1, 0.15) is 36.8 Å². The van der Waals surface area contributed by atoms with E-state index in [4.69, 9.17) is 14.2 Å². The van der Waals surface area contributed by atoms with Crippen LogP contribution in [0, 0.1) is 6.92 Å². The molecule has 0 aromatic heterocycles. The molecule has 2 heterocycles. The van der Waals surface area contributed by atoms with Crippen LogP contribution in [0.4, 0.5) is 0 Å². The summed E-state index contributed by atoms with van der Waals surface area (Å²) in [6.45, 7) is 5.75. The number of sulfonamides is 1. The van der Waals surface area contributed by atoms with Gasteiger partial charge in [0.2, 0.25) is 16.8 Å². The van der Waals surface area contributed by atoms with Crippen LogP contribution in [-0.2, 0) is 10.0 Å². The molecule has 4 rings (SSSR count). The average Bonchev–Trinajstić information content (AvgIpc) is 3.36. The quantitative estimate of drug-likeness (QED) is 0.736. The molecule has 150 valence electrons. The van der Waals surface area contributed by atoms with Crippen molar-refractivity contribution in [3.05, 3.63) is 47.5 Å². The molecule has 2 aromatic rings. The van der Waals surface area contributed by atoms with Crippen LogP contribution in [0.3, 0.4) is 0 Å². The van der Waals surface area contributed by atoms with Crippen LogP contribution >= 0.6 is 0 Å². The molecule has 1 unspecified atom stereocenters. The Balaban J connectivity index is 1.50. The maximum absolute atomic E-state index is 13.1. The minimum Gasteiger partial charge on any atom is -0.493 e. The van der Waals surface area contributed by atoms with Gasteiger partial charge in [-0.25, -0.2) is 8.42 Å². The first-order valence-corrected chi connectivity index (χ1v) is 11.1. The van der Waals surface area contributed by atoms with E-state index >= 15 is 0 Å².